The number of sulfonamides is 1. The number of unbranched alkanes of at least 4 members (excludes halogenated alkanes) is 4. The van der Waals surface area contributed by atoms with Crippen LogP contribution in [0.25, 0.3) is 10.9 Å². The molecule has 1 aromatic carbocycles. The van der Waals surface area contributed by atoms with Crippen LogP contribution in [0.15, 0.2) is 30.5 Å². The molecule has 0 bridgehead atoms. The number of H-pyrrole nitrogens is 1. The lowest BCUT2D eigenvalue weighted by Crippen LogP contribution is -2.61. The number of hydrogen-bond donors (Lipinski definition) is 20. The highest BCUT2D eigenvalue weighted by molar-refractivity contribution is 7.89. The number of carbonyl (C=O) groups excluding carboxylic acids is 14. The van der Waals surface area contributed by atoms with Gasteiger partial charge in [0.2, 0.25) is 92.7 Å². The molecule has 2 saturated heterocycles. The number of nitrogens with one attached hydrogen (secondary N) is 14. The van der Waals surface area contributed by atoms with Crippen LogP contribution in [0.4, 0.5) is 0 Å². The van der Waals surface area contributed by atoms with Crippen molar-refractivity contribution in [3.8, 4) is 0 Å². The lowest BCUT2D eigenvalue weighted by Gasteiger charge is -2.31. The molecule has 1 aromatic heterocycles. The van der Waals surface area contributed by atoms with Crippen LogP contribution in [0.3, 0.4) is 0 Å². The summed E-state index contributed by atoms with van der Waals surface area (Å²) in [6.45, 7) is 15.1. The van der Waals surface area contributed by atoms with Crippen LogP contribution in [0.1, 0.15) is 184 Å². The van der Waals surface area contributed by atoms with Crippen molar-refractivity contribution < 1.29 is 80.3 Å². The molecule has 40 heteroatoms. The molecule has 0 saturated carbocycles. The molecular weight excluding hydrogens is 1610 g/mol. The fourth-order valence-electron chi connectivity index (χ4n) is 13.9. The first-order valence-corrected chi connectivity index (χ1v) is 45.2. The summed E-state index contributed by atoms with van der Waals surface area (Å²) >= 11 is 8.21. The number of carbonyl (C=O) groups is 14. The summed E-state index contributed by atoms with van der Waals surface area (Å²) in [6, 6.07) is -8.41. The van der Waals surface area contributed by atoms with Gasteiger partial charge in [-0.15, -0.1) is 0 Å². The number of nitrogens with two attached hydrogens (primary N) is 4. The Morgan fingerprint density at radius 2 is 1.06 bits per heavy atom. The minimum atomic E-state index is -4.56. The Morgan fingerprint density at radius 3 is 1.59 bits per heavy atom. The summed E-state index contributed by atoms with van der Waals surface area (Å²) in [7, 11) is -4.56. The van der Waals surface area contributed by atoms with Crippen molar-refractivity contribution in [2.75, 3.05) is 82.8 Å². The van der Waals surface area contributed by atoms with Crippen molar-refractivity contribution in [2.24, 2.45) is 46.6 Å². The maximum Gasteiger partial charge on any atom is 0.246 e. The zero-order valence-electron chi connectivity index (χ0n) is 71.6. The predicted octanol–water partition coefficient (Wildman–Crippen LogP) is -1.49. The van der Waals surface area contributed by atoms with Crippen molar-refractivity contribution in [1.29, 1.82) is 0 Å². The Bertz CT molecular complexity index is 3780. The number of fused-ring (bicyclic) bond motifs is 2. The van der Waals surface area contributed by atoms with Gasteiger partial charge in [-0.05, 0) is 158 Å². The molecule has 678 valence electrons. The van der Waals surface area contributed by atoms with Gasteiger partial charge in [0, 0.05) is 61.2 Å². The van der Waals surface area contributed by atoms with E-state index < -0.39 is 215 Å². The van der Waals surface area contributed by atoms with Gasteiger partial charge in [-0.25, -0.2) is 8.42 Å². The molecular formula is C80H138N20O17S3. The quantitative estimate of drug-likeness (QED) is 0.0286. The van der Waals surface area contributed by atoms with Gasteiger partial charge in [0.1, 0.15) is 73.1 Å². The highest BCUT2D eigenvalue weighted by atomic mass is 32.2. The minimum Gasteiger partial charge on any atom is -0.370 e. The van der Waals surface area contributed by atoms with Gasteiger partial charge in [-0.3, -0.25) is 67.1 Å². The SMILES string of the molecule is CCCC[C@@H]1NC(=O)CN(S(=O)(=O)CCCNC(=O)[C@H](CS)NC(=O)[C@@H](N)CS)CCNC(=O)[C@H](CCCCN)NC(=O)[C@H](CC(C)C)NC(=O)[C@H](CCCCN)NC(=O)[C@H](CC(C)C)NC(=O)[C@H](CCCCN)NC(=O)COC[C@H]2CCCN2C(=O)[C@H](Cc2c[nH]c3ccccc23)NC(=O)[C@H](C)NC(=O)[C@H](C(C)C)NC(=O)[C@H](C(C)C)NC1=O. The van der Waals surface area contributed by atoms with Crippen molar-refractivity contribution in [1.82, 2.24) is 83.3 Å². The second-order valence-electron chi connectivity index (χ2n) is 32.5. The number of benzene rings is 1. The predicted molar refractivity (Wildman–Crippen MR) is 463 cm³/mol. The number of amides is 14. The van der Waals surface area contributed by atoms with Gasteiger partial charge in [-0.2, -0.15) is 29.6 Å². The zero-order chi connectivity index (χ0) is 89.3. The number of aromatic amines is 1. The standard InChI is InChI=1S/C80H138N20O17S3/c1-11-12-25-58-75(109)97-68(50(8)9)79(113)98-67(49(6)7)78(112)88-51(10)69(103)95-63(40-52-41-87-56-26-14-13-24-54(52)56)80(114)100-35-21-23-53(100)43-117-44-66(102)90-59(28-16-19-31-82)73(107)93-62(39-48(4)5)77(111)92-60(29-17-20-32-83)74(108)94-61(38-47(2)3)76(110)91-57(27-15-18-30-81)71(105)86-34-36-99(42-65(101)89-58)120(115,116)37-22-33-85-72(106)64(46-119)96-70(104)55(84)45-118/h13-14,24,26,41,47-51,53,55,57-64,67-68,87,118-119H,11-12,15-23,25,27-40,42-46,81-84H2,1-10H3,(H,85,106)(H,86,105)(H,88,112)(H,89,101)(H,90,102)(H,91,110)(H,92,111)(H,93,107)(H,94,108)(H,95,103)(H,96,104)(H,97,109)(H,98,113)/t51-,53+,55-,57-,58-,59-,60-,61-,62-,63-,64-,67-,68-/m0/s1. The summed E-state index contributed by atoms with van der Waals surface area (Å²) in [5.74, 6) is -13.2. The fourth-order valence-corrected chi connectivity index (χ4v) is 15.7. The average Bonchev–Trinajstić information content (AvgIpc) is 1.66. The lowest BCUT2D eigenvalue weighted by molar-refractivity contribution is -0.139. The van der Waals surface area contributed by atoms with E-state index in [-0.39, 0.29) is 114 Å². The van der Waals surface area contributed by atoms with E-state index in [1.54, 1.807) is 52.6 Å². The molecule has 0 spiro atoms. The third-order valence-electron chi connectivity index (χ3n) is 20.7. The summed E-state index contributed by atoms with van der Waals surface area (Å²) < 4.78 is 36.0. The Kier molecular flexibility index (Phi) is 47.1. The Morgan fingerprint density at radius 1 is 0.567 bits per heavy atom. The number of aromatic nitrogens is 1. The monoisotopic (exact) mass is 1750 g/mol. The fraction of sp³-hybridized carbons (Fsp3) is 0.725. The molecule has 37 nitrogen and oxygen atoms in total. The average molecular weight is 1750 g/mol. The highest BCUT2D eigenvalue weighted by Crippen LogP contribution is 2.24. The third kappa shape index (κ3) is 35.7. The van der Waals surface area contributed by atoms with Crippen LogP contribution in [0, 0.1) is 23.7 Å². The second kappa shape index (κ2) is 54.3. The van der Waals surface area contributed by atoms with Crippen molar-refractivity contribution in [2.45, 2.75) is 263 Å². The summed E-state index contributed by atoms with van der Waals surface area (Å²) in [4.78, 5) is 205. The summed E-state index contributed by atoms with van der Waals surface area (Å²) in [6.07, 6.45) is 5.93. The van der Waals surface area contributed by atoms with Crippen molar-refractivity contribution in [3.63, 3.8) is 0 Å². The highest BCUT2D eigenvalue weighted by Gasteiger charge is 2.40. The van der Waals surface area contributed by atoms with Gasteiger partial charge in [0.05, 0.1) is 31.0 Å². The number of hydrogen-bond acceptors (Lipinski definition) is 23. The van der Waals surface area contributed by atoms with E-state index in [1.165, 1.54) is 6.92 Å². The first-order chi connectivity index (χ1) is 56.9. The number of thiol groups is 2. The molecule has 120 heavy (non-hydrogen) atoms. The van der Waals surface area contributed by atoms with Crippen LogP contribution in [-0.4, -0.2) is 267 Å². The Balaban J connectivity index is 1.83. The maximum atomic E-state index is 15.1. The molecule has 2 aromatic rings. The first kappa shape index (κ1) is 104. The van der Waals surface area contributed by atoms with Crippen LogP contribution in [0.5, 0.6) is 0 Å². The van der Waals surface area contributed by atoms with Crippen LogP contribution in [0.2, 0.25) is 0 Å². The normalized spacial score (nSPS) is 24.0. The molecule has 22 N–H and O–H groups in total. The molecule has 0 unspecified atom stereocenters. The maximum absolute atomic E-state index is 15.1. The molecule has 0 aliphatic carbocycles. The van der Waals surface area contributed by atoms with Gasteiger partial charge in [-0.1, -0.05) is 93.4 Å². The molecule has 4 rings (SSSR count). The van der Waals surface area contributed by atoms with E-state index in [0.717, 1.165) is 15.2 Å². The summed E-state index contributed by atoms with van der Waals surface area (Å²) in [5.41, 5.74) is 24.9. The van der Waals surface area contributed by atoms with E-state index in [2.05, 4.69) is 99.4 Å². The van der Waals surface area contributed by atoms with Gasteiger partial charge in [0.15, 0.2) is 0 Å². The molecule has 2 aliphatic heterocycles. The van der Waals surface area contributed by atoms with Crippen molar-refractivity contribution in [3.05, 3.63) is 36.0 Å². The third-order valence-corrected chi connectivity index (χ3v) is 23.4. The van der Waals surface area contributed by atoms with E-state index in [0.29, 0.717) is 69.8 Å². The smallest absolute Gasteiger partial charge is 0.246 e. The van der Waals surface area contributed by atoms with E-state index in [9.17, 15) is 70.7 Å². The molecule has 2 fully saturated rings. The Labute approximate surface area is 717 Å². The van der Waals surface area contributed by atoms with Gasteiger partial charge >= 0.3 is 0 Å². The van der Waals surface area contributed by atoms with Crippen LogP contribution in [-0.2, 0) is 88.3 Å². The molecule has 0 radical (unpaired) electrons. The first-order valence-electron chi connectivity index (χ1n) is 42.3. The Hall–Kier alpha value is -8.25. The minimum absolute atomic E-state index is 0.00257. The van der Waals surface area contributed by atoms with Gasteiger partial charge in [0.25, 0.3) is 0 Å². The van der Waals surface area contributed by atoms with E-state index in [1.807, 2.05) is 45.0 Å². The van der Waals surface area contributed by atoms with Crippen LogP contribution >= 0.6 is 25.3 Å². The molecule has 3 heterocycles. The number of ether oxygens (including phenoxy) is 1. The molecule has 2 aliphatic rings. The van der Waals surface area contributed by atoms with E-state index >= 15 is 4.79 Å². The number of rotatable bonds is 33. The van der Waals surface area contributed by atoms with Gasteiger partial charge < -0.3 is 107 Å². The lowest BCUT2D eigenvalue weighted by atomic mass is 9.98. The molecule has 14 amide bonds. The van der Waals surface area contributed by atoms with Crippen LogP contribution < -0.4 is 92.1 Å². The largest absolute Gasteiger partial charge is 0.370 e. The number of nitrogens with zero attached hydrogens (tertiary/aromatic N) is 2. The summed E-state index contributed by atoms with van der Waals surface area (Å²) in [5, 5.41) is 36.1. The number of para-hydroxylation sites is 1. The topological polar surface area (TPSA) is 565 Å². The zero-order valence-corrected chi connectivity index (χ0v) is 74.2. The van der Waals surface area contributed by atoms with E-state index in [4.69, 9.17) is 27.7 Å². The second-order valence-corrected chi connectivity index (χ2v) is 35.3. The molecule has 13 atom stereocenters. The van der Waals surface area contributed by atoms with Crippen molar-refractivity contribution >= 4 is 129 Å².